The zero-order chi connectivity index (χ0) is 16.7. The molecule has 0 aliphatic carbocycles. The molecule has 0 spiro atoms. The highest BCUT2D eigenvalue weighted by Crippen LogP contribution is 2.18. The maximum Gasteiger partial charge on any atom is 0.265 e. The first-order chi connectivity index (χ1) is 10.4. The predicted octanol–water partition coefficient (Wildman–Crippen LogP) is 4.59. The van der Waals surface area contributed by atoms with E-state index in [2.05, 4.69) is 29.8 Å². The van der Waals surface area contributed by atoms with Crippen LogP contribution >= 0.6 is 15.9 Å². The summed E-state index contributed by atoms with van der Waals surface area (Å²) in [6, 6.07) is 7.11. The van der Waals surface area contributed by atoms with Gasteiger partial charge >= 0.3 is 0 Å². The largest absolute Gasteiger partial charge is 0.307 e. The van der Waals surface area contributed by atoms with Gasteiger partial charge < -0.3 is 4.57 Å². The summed E-state index contributed by atoms with van der Waals surface area (Å²) >= 11 is 3.14. The number of hydrogen-bond acceptors (Lipinski definition) is 2. The number of carbonyl (C=O) groups excluding carboxylic acids is 1. The average molecular weight is 368 g/mol. The molecular formula is C17H19BrFNO2. The molecule has 0 radical (unpaired) electrons. The molecule has 0 fully saturated rings. The fraction of sp³-hybridized carbons (Fsp3) is 0.294. The molecule has 0 saturated heterocycles. The number of aldehydes is 1. The molecule has 0 N–H and O–H groups in total. The Morgan fingerprint density at radius 2 is 1.82 bits per heavy atom. The van der Waals surface area contributed by atoms with Gasteiger partial charge in [-0.15, -0.1) is 0 Å². The van der Waals surface area contributed by atoms with Gasteiger partial charge in [0, 0.05) is 11.8 Å². The first-order valence-corrected chi connectivity index (χ1v) is 7.86. The van der Waals surface area contributed by atoms with Gasteiger partial charge in [0.1, 0.15) is 5.82 Å². The van der Waals surface area contributed by atoms with Crippen LogP contribution in [0.5, 0.6) is 0 Å². The third-order valence-electron chi connectivity index (χ3n) is 2.93. The van der Waals surface area contributed by atoms with Crippen molar-refractivity contribution in [1.29, 1.82) is 0 Å². The summed E-state index contributed by atoms with van der Waals surface area (Å²) in [5.41, 5.74) is 0.960. The Morgan fingerprint density at radius 3 is 2.32 bits per heavy atom. The summed E-state index contributed by atoms with van der Waals surface area (Å²) in [6.45, 7) is 6.07. The van der Waals surface area contributed by atoms with Crippen molar-refractivity contribution in [2.24, 2.45) is 0 Å². The smallest absolute Gasteiger partial charge is 0.265 e. The quantitative estimate of drug-likeness (QED) is 0.744. The Kier molecular flexibility index (Phi) is 7.18. The van der Waals surface area contributed by atoms with Gasteiger partial charge in [0.15, 0.2) is 6.29 Å². The van der Waals surface area contributed by atoms with Crippen molar-refractivity contribution in [3.05, 3.63) is 68.3 Å². The summed E-state index contributed by atoms with van der Waals surface area (Å²) in [4.78, 5) is 22.9. The van der Waals surface area contributed by atoms with Gasteiger partial charge in [-0.25, -0.2) is 4.39 Å². The van der Waals surface area contributed by atoms with Gasteiger partial charge in [0.25, 0.3) is 5.56 Å². The normalized spacial score (nSPS) is 11.3. The van der Waals surface area contributed by atoms with E-state index in [4.69, 9.17) is 0 Å². The molecule has 1 heterocycles. The molecule has 3 nitrogen and oxygen atoms in total. The van der Waals surface area contributed by atoms with Crippen LogP contribution in [-0.4, -0.2) is 10.9 Å². The first-order valence-electron chi connectivity index (χ1n) is 7.06. The van der Waals surface area contributed by atoms with Crippen LogP contribution in [0.3, 0.4) is 0 Å². The molecule has 1 atom stereocenters. The monoisotopic (exact) mass is 367 g/mol. The van der Waals surface area contributed by atoms with E-state index in [0.29, 0.717) is 16.3 Å². The fourth-order valence-corrected chi connectivity index (χ4v) is 2.31. The van der Waals surface area contributed by atoms with Crippen LogP contribution < -0.4 is 5.56 Å². The van der Waals surface area contributed by atoms with Crippen molar-refractivity contribution >= 4 is 22.2 Å². The van der Waals surface area contributed by atoms with Crippen molar-refractivity contribution in [3.8, 4) is 0 Å². The lowest BCUT2D eigenvalue weighted by molar-refractivity contribution is 0.112. The maximum absolute atomic E-state index is 12.9. The minimum Gasteiger partial charge on any atom is -0.307 e. The van der Waals surface area contributed by atoms with Crippen LogP contribution in [0.25, 0.3) is 0 Å². The van der Waals surface area contributed by atoms with Crippen molar-refractivity contribution in [2.75, 3.05) is 0 Å². The number of aromatic nitrogens is 1. The molecule has 22 heavy (non-hydrogen) atoms. The zero-order valence-electron chi connectivity index (χ0n) is 12.8. The highest BCUT2D eigenvalue weighted by atomic mass is 79.9. The van der Waals surface area contributed by atoms with Gasteiger partial charge in [0.05, 0.1) is 10.5 Å². The molecular weight excluding hydrogens is 349 g/mol. The molecule has 2 aromatic rings. The molecule has 5 heteroatoms. The lowest BCUT2D eigenvalue weighted by atomic mass is 10.1. The Hall–Kier alpha value is -1.75. The summed E-state index contributed by atoms with van der Waals surface area (Å²) in [7, 11) is 0. The fourth-order valence-electron chi connectivity index (χ4n) is 1.84. The SMILES string of the molecule is CCC.C[C@@H](c1ccc(F)cc1)n1cc(C=O)cc(Br)c1=O. The minimum absolute atomic E-state index is 0.234. The third kappa shape index (κ3) is 4.63. The van der Waals surface area contributed by atoms with E-state index in [1.807, 2.05) is 6.92 Å². The Morgan fingerprint density at radius 1 is 1.27 bits per heavy atom. The number of carbonyl (C=O) groups is 1. The van der Waals surface area contributed by atoms with E-state index in [1.165, 1.54) is 35.4 Å². The van der Waals surface area contributed by atoms with Crippen molar-refractivity contribution in [1.82, 2.24) is 4.57 Å². The number of hydrogen-bond donors (Lipinski definition) is 0. The molecule has 0 saturated carbocycles. The number of nitrogens with zero attached hydrogens (tertiary/aromatic N) is 1. The molecule has 0 bridgehead atoms. The summed E-state index contributed by atoms with van der Waals surface area (Å²) in [6.07, 6.45) is 3.42. The van der Waals surface area contributed by atoms with Gasteiger partial charge in [0.2, 0.25) is 0 Å². The first kappa shape index (κ1) is 18.3. The van der Waals surface area contributed by atoms with Crippen LogP contribution in [0.4, 0.5) is 4.39 Å². The third-order valence-corrected chi connectivity index (χ3v) is 3.49. The van der Waals surface area contributed by atoms with E-state index < -0.39 is 0 Å². The lowest BCUT2D eigenvalue weighted by Crippen LogP contribution is -2.24. The van der Waals surface area contributed by atoms with Crippen molar-refractivity contribution in [3.63, 3.8) is 0 Å². The molecule has 0 aliphatic heterocycles. The number of halogens is 2. The summed E-state index contributed by atoms with van der Waals surface area (Å²) in [5, 5.41) is 0. The predicted molar refractivity (Wildman–Crippen MR) is 90.0 cm³/mol. The number of rotatable bonds is 3. The molecule has 118 valence electrons. The van der Waals surface area contributed by atoms with Crippen LogP contribution in [0.15, 0.2) is 45.8 Å². The second-order valence-corrected chi connectivity index (χ2v) is 5.74. The molecule has 0 aliphatic rings. The Bertz CT molecular complexity index is 680. The zero-order valence-corrected chi connectivity index (χ0v) is 14.4. The summed E-state index contributed by atoms with van der Waals surface area (Å²) < 4.78 is 14.7. The van der Waals surface area contributed by atoms with Crippen LogP contribution in [0.2, 0.25) is 0 Å². The van der Waals surface area contributed by atoms with E-state index in [1.54, 1.807) is 12.1 Å². The lowest BCUT2D eigenvalue weighted by Gasteiger charge is -2.16. The number of pyridine rings is 1. The highest BCUT2D eigenvalue weighted by molar-refractivity contribution is 9.10. The van der Waals surface area contributed by atoms with Crippen LogP contribution in [0, 0.1) is 5.82 Å². The van der Waals surface area contributed by atoms with Gasteiger partial charge in [-0.1, -0.05) is 32.4 Å². The number of benzene rings is 1. The van der Waals surface area contributed by atoms with Gasteiger partial charge in [-0.2, -0.15) is 0 Å². The second-order valence-electron chi connectivity index (χ2n) is 4.89. The minimum atomic E-state index is -0.328. The van der Waals surface area contributed by atoms with Crippen LogP contribution in [-0.2, 0) is 0 Å². The highest BCUT2D eigenvalue weighted by Gasteiger charge is 2.12. The van der Waals surface area contributed by atoms with E-state index >= 15 is 0 Å². The maximum atomic E-state index is 12.9. The van der Waals surface area contributed by atoms with Crippen LogP contribution in [0.1, 0.15) is 49.2 Å². The Balaban J connectivity index is 0.000000745. The van der Waals surface area contributed by atoms with E-state index in [0.717, 1.165) is 5.56 Å². The summed E-state index contributed by atoms with van der Waals surface area (Å²) in [5.74, 6) is -0.328. The molecule has 1 aromatic carbocycles. The molecule has 0 amide bonds. The topological polar surface area (TPSA) is 39.1 Å². The van der Waals surface area contributed by atoms with Crippen molar-refractivity contribution < 1.29 is 9.18 Å². The molecule has 0 unspecified atom stereocenters. The van der Waals surface area contributed by atoms with Gasteiger partial charge in [-0.05, 0) is 46.6 Å². The van der Waals surface area contributed by atoms with E-state index in [-0.39, 0.29) is 17.4 Å². The standard InChI is InChI=1S/C14H11BrFNO2.C3H8/c1-9(11-2-4-12(16)5-3-11)17-7-10(8-18)6-13(15)14(17)19;1-3-2/h2-9H,1H3;3H2,1-2H3/t9-;/m0./s1. The van der Waals surface area contributed by atoms with Gasteiger partial charge in [-0.3, -0.25) is 9.59 Å². The van der Waals surface area contributed by atoms with Crippen molar-refractivity contribution in [2.45, 2.75) is 33.2 Å². The Labute approximate surface area is 137 Å². The molecule has 1 aromatic heterocycles. The molecule has 2 rings (SSSR count). The average Bonchev–Trinajstić information content (AvgIpc) is 2.50. The van der Waals surface area contributed by atoms with E-state index in [9.17, 15) is 14.0 Å². The second kappa shape index (κ2) is 8.63.